The van der Waals surface area contributed by atoms with Crippen molar-refractivity contribution >= 4 is 0 Å². The Kier molecular flexibility index (Phi) is 4.16. The second-order valence-corrected chi connectivity index (χ2v) is 6.12. The molecule has 0 radical (unpaired) electrons. The van der Waals surface area contributed by atoms with E-state index in [1.54, 1.807) is 0 Å². The van der Waals surface area contributed by atoms with E-state index in [0.29, 0.717) is 12.0 Å². The zero-order chi connectivity index (χ0) is 13.1. The molecule has 0 spiro atoms. The quantitative estimate of drug-likeness (QED) is 0.905. The smallest absolute Gasteiger partial charge is 0.243 e. The Balaban J connectivity index is 1.61. The van der Waals surface area contributed by atoms with E-state index in [1.165, 1.54) is 44.9 Å². The van der Waals surface area contributed by atoms with Gasteiger partial charge < -0.3 is 9.84 Å². The highest BCUT2D eigenvalue weighted by Gasteiger charge is 2.27. The van der Waals surface area contributed by atoms with Gasteiger partial charge in [-0.15, -0.1) is 0 Å². The Bertz CT molecular complexity index is 390. The van der Waals surface area contributed by atoms with Crippen molar-refractivity contribution in [1.29, 1.82) is 0 Å². The topological polar surface area (TPSA) is 51.0 Å². The van der Waals surface area contributed by atoms with Crippen LogP contribution < -0.4 is 5.32 Å². The molecule has 2 heterocycles. The largest absolute Gasteiger partial charge is 0.338 e. The molecule has 0 amide bonds. The number of piperidine rings is 1. The first-order chi connectivity index (χ1) is 9.36. The fourth-order valence-electron chi connectivity index (χ4n) is 3.45. The number of aromatic nitrogens is 2. The van der Waals surface area contributed by atoms with E-state index in [1.807, 2.05) is 0 Å². The molecule has 3 rings (SSSR count). The summed E-state index contributed by atoms with van der Waals surface area (Å²) in [7, 11) is 0. The summed E-state index contributed by atoms with van der Waals surface area (Å²) in [6.07, 6.45) is 10.1. The third-order valence-electron chi connectivity index (χ3n) is 4.86. The van der Waals surface area contributed by atoms with Crippen molar-refractivity contribution < 1.29 is 4.52 Å². The molecule has 1 atom stereocenters. The van der Waals surface area contributed by atoms with Gasteiger partial charge in [0.2, 0.25) is 5.89 Å². The third kappa shape index (κ3) is 2.99. The van der Waals surface area contributed by atoms with Crippen LogP contribution >= 0.6 is 0 Å². The van der Waals surface area contributed by atoms with Crippen LogP contribution in [0.4, 0.5) is 0 Å². The Morgan fingerprint density at radius 3 is 2.68 bits per heavy atom. The molecule has 1 saturated heterocycles. The number of nitrogens with zero attached hydrogens (tertiary/aromatic N) is 2. The standard InChI is InChI=1S/C15H25N3O/c1-2-11-6-8-12(9-7-11)14-17-15(19-18-14)13-5-3-4-10-16-13/h11-13,16H,2-10H2,1H3/t11?,12?,13-/m1/s1. The number of rotatable bonds is 3. The molecule has 0 bridgehead atoms. The van der Waals surface area contributed by atoms with Crippen LogP contribution in [-0.2, 0) is 0 Å². The van der Waals surface area contributed by atoms with Gasteiger partial charge in [0.1, 0.15) is 0 Å². The molecule has 4 nitrogen and oxygen atoms in total. The van der Waals surface area contributed by atoms with Crippen LogP contribution in [0.3, 0.4) is 0 Å². The van der Waals surface area contributed by atoms with Crippen LogP contribution in [0.2, 0.25) is 0 Å². The van der Waals surface area contributed by atoms with Gasteiger partial charge in [-0.1, -0.05) is 24.9 Å². The molecule has 106 valence electrons. The van der Waals surface area contributed by atoms with Crippen molar-refractivity contribution in [3.05, 3.63) is 11.7 Å². The van der Waals surface area contributed by atoms with Crippen LogP contribution in [0, 0.1) is 5.92 Å². The number of hydrogen-bond acceptors (Lipinski definition) is 4. The summed E-state index contributed by atoms with van der Waals surface area (Å²) in [5.41, 5.74) is 0. The van der Waals surface area contributed by atoms with Crippen molar-refractivity contribution in [3.63, 3.8) is 0 Å². The monoisotopic (exact) mass is 263 g/mol. The van der Waals surface area contributed by atoms with Crippen molar-refractivity contribution in [1.82, 2.24) is 15.5 Å². The molecule has 2 fully saturated rings. The van der Waals surface area contributed by atoms with Crippen LogP contribution in [0.25, 0.3) is 0 Å². The third-order valence-corrected chi connectivity index (χ3v) is 4.86. The molecular weight excluding hydrogens is 238 g/mol. The van der Waals surface area contributed by atoms with Gasteiger partial charge in [0.15, 0.2) is 5.82 Å². The van der Waals surface area contributed by atoms with Crippen molar-refractivity contribution in [2.75, 3.05) is 6.54 Å². The van der Waals surface area contributed by atoms with Crippen LogP contribution in [-0.4, -0.2) is 16.7 Å². The number of hydrogen-bond donors (Lipinski definition) is 1. The van der Waals surface area contributed by atoms with Gasteiger partial charge >= 0.3 is 0 Å². The lowest BCUT2D eigenvalue weighted by Crippen LogP contribution is -2.27. The summed E-state index contributed by atoms with van der Waals surface area (Å²) in [6, 6.07) is 0.294. The molecule has 2 aliphatic rings. The molecule has 0 unspecified atom stereocenters. The van der Waals surface area contributed by atoms with E-state index in [4.69, 9.17) is 4.52 Å². The normalized spacial score (nSPS) is 32.4. The summed E-state index contributed by atoms with van der Waals surface area (Å²) in [5.74, 6) is 3.22. The minimum Gasteiger partial charge on any atom is -0.338 e. The maximum Gasteiger partial charge on any atom is 0.243 e. The molecule has 0 aromatic carbocycles. The highest BCUT2D eigenvalue weighted by atomic mass is 16.5. The second-order valence-electron chi connectivity index (χ2n) is 6.12. The average Bonchev–Trinajstić information content (AvgIpc) is 2.98. The molecule has 1 N–H and O–H groups in total. The first-order valence-electron chi connectivity index (χ1n) is 7.93. The van der Waals surface area contributed by atoms with Gasteiger partial charge in [-0.05, 0) is 51.0 Å². The predicted molar refractivity (Wildman–Crippen MR) is 73.9 cm³/mol. The van der Waals surface area contributed by atoms with E-state index in [-0.39, 0.29) is 0 Å². The summed E-state index contributed by atoms with van der Waals surface area (Å²) >= 11 is 0. The fraction of sp³-hybridized carbons (Fsp3) is 0.867. The second kappa shape index (κ2) is 6.04. The minimum absolute atomic E-state index is 0.294. The van der Waals surface area contributed by atoms with Crippen LogP contribution in [0.5, 0.6) is 0 Å². The first-order valence-corrected chi connectivity index (χ1v) is 7.93. The van der Waals surface area contributed by atoms with Gasteiger partial charge in [-0.3, -0.25) is 0 Å². The maximum absolute atomic E-state index is 5.49. The van der Waals surface area contributed by atoms with Crippen molar-refractivity contribution in [2.45, 2.75) is 70.3 Å². The van der Waals surface area contributed by atoms with E-state index in [2.05, 4.69) is 22.4 Å². The van der Waals surface area contributed by atoms with E-state index in [0.717, 1.165) is 30.6 Å². The molecule has 1 aliphatic heterocycles. The Hall–Kier alpha value is -0.900. The summed E-state index contributed by atoms with van der Waals surface area (Å²) in [6.45, 7) is 3.37. The Labute approximate surface area is 115 Å². The zero-order valence-corrected chi connectivity index (χ0v) is 11.9. The summed E-state index contributed by atoms with van der Waals surface area (Å²) < 4.78 is 5.49. The Morgan fingerprint density at radius 1 is 1.16 bits per heavy atom. The highest BCUT2D eigenvalue weighted by molar-refractivity contribution is 5.00. The lowest BCUT2D eigenvalue weighted by atomic mass is 9.80. The van der Waals surface area contributed by atoms with Gasteiger partial charge in [0.25, 0.3) is 0 Å². The summed E-state index contributed by atoms with van der Waals surface area (Å²) in [5, 5.41) is 7.71. The van der Waals surface area contributed by atoms with Gasteiger partial charge in [0, 0.05) is 5.92 Å². The van der Waals surface area contributed by atoms with E-state index >= 15 is 0 Å². The van der Waals surface area contributed by atoms with Crippen LogP contribution in [0.15, 0.2) is 4.52 Å². The molecule has 1 saturated carbocycles. The number of nitrogens with one attached hydrogen (secondary N) is 1. The average molecular weight is 263 g/mol. The molecular formula is C15H25N3O. The van der Waals surface area contributed by atoms with Crippen LogP contribution in [0.1, 0.15) is 82.0 Å². The molecule has 19 heavy (non-hydrogen) atoms. The fourth-order valence-corrected chi connectivity index (χ4v) is 3.45. The predicted octanol–water partition coefficient (Wildman–Crippen LogP) is 3.57. The van der Waals surface area contributed by atoms with Gasteiger partial charge in [0.05, 0.1) is 6.04 Å². The highest BCUT2D eigenvalue weighted by Crippen LogP contribution is 2.36. The maximum atomic E-state index is 5.49. The van der Waals surface area contributed by atoms with Gasteiger partial charge in [-0.2, -0.15) is 4.98 Å². The molecule has 1 aliphatic carbocycles. The SMILES string of the molecule is CCC1CCC(c2noc([C@H]3CCCCN3)n2)CC1. The van der Waals surface area contributed by atoms with Crippen molar-refractivity contribution in [2.24, 2.45) is 5.92 Å². The molecule has 4 heteroatoms. The molecule has 1 aromatic heterocycles. The molecule has 1 aromatic rings. The summed E-state index contributed by atoms with van der Waals surface area (Å²) in [4.78, 5) is 4.67. The Morgan fingerprint density at radius 2 is 2.00 bits per heavy atom. The lowest BCUT2D eigenvalue weighted by molar-refractivity contribution is 0.286. The zero-order valence-electron chi connectivity index (χ0n) is 11.9. The van der Waals surface area contributed by atoms with Gasteiger partial charge in [-0.25, -0.2) is 0 Å². The van der Waals surface area contributed by atoms with Crippen molar-refractivity contribution in [3.8, 4) is 0 Å². The lowest BCUT2D eigenvalue weighted by Gasteiger charge is -2.25. The van der Waals surface area contributed by atoms with E-state index < -0.39 is 0 Å². The first kappa shape index (κ1) is 13.1. The minimum atomic E-state index is 0.294. The van der Waals surface area contributed by atoms with E-state index in [9.17, 15) is 0 Å².